The van der Waals surface area contributed by atoms with Crippen molar-refractivity contribution in [2.45, 2.75) is 51.5 Å². The van der Waals surface area contributed by atoms with Gasteiger partial charge in [-0.25, -0.2) is 4.79 Å². The van der Waals surface area contributed by atoms with Gasteiger partial charge in [-0.1, -0.05) is 19.3 Å². The minimum Gasteiger partial charge on any atom is -0.494 e. The van der Waals surface area contributed by atoms with Crippen LogP contribution in [-0.4, -0.2) is 42.1 Å². The van der Waals surface area contributed by atoms with Crippen molar-refractivity contribution < 1.29 is 19.1 Å². The molecule has 1 saturated heterocycles. The fourth-order valence-corrected chi connectivity index (χ4v) is 3.93. The van der Waals surface area contributed by atoms with Crippen molar-refractivity contribution in [2.75, 3.05) is 19.8 Å². The van der Waals surface area contributed by atoms with Gasteiger partial charge in [0.05, 0.1) is 13.2 Å². The third-order valence-corrected chi connectivity index (χ3v) is 5.44. The van der Waals surface area contributed by atoms with Crippen LogP contribution in [-0.2, 0) is 4.79 Å². The Morgan fingerprint density at radius 2 is 1.69 bits per heavy atom. The molecule has 3 amide bonds. The van der Waals surface area contributed by atoms with Crippen LogP contribution in [0.5, 0.6) is 11.5 Å². The Bertz CT molecular complexity index is 640. The largest absolute Gasteiger partial charge is 0.494 e. The lowest BCUT2D eigenvalue weighted by atomic mass is 9.75. The molecule has 1 atom stereocenters. The maximum atomic E-state index is 12.9. The number of hydrogen-bond donors (Lipinski definition) is 1. The van der Waals surface area contributed by atoms with Gasteiger partial charge in [-0.15, -0.1) is 0 Å². The lowest BCUT2D eigenvalue weighted by Gasteiger charge is -2.34. The predicted molar refractivity (Wildman–Crippen MR) is 98.3 cm³/mol. The second-order valence-corrected chi connectivity index (χ2v) is 7.18. The summed E-state index contributed by atoms with van der Waals surface area (Å²) in [6.07, 6.45) is 5.47. The number of ether oxygens (including phenoxy) is 2. The van der Waals surface area contributed by atoms with Gasteiger partial charge in [-0.2, -0.15) is 0 Å². The van der Waals surface area contributed by atoms with E-state index in [4.69, 9.17) is 9.47 Å². The minimum absolute atomic E-state index is 0.121. The summed E-state index contributed by atoms with van der Waals surface area (Å²) in [5.74, 6) is 1.59. The quantitative estimate of drug-likeness (QED) is 0.757. The van der Waals surface area contributed by atoms with Crippen molar-refractivity contribution in [3.63, 3.8) is 0 Å². The zero-order valence-corrected chi connectivity index (χ0v) is 15.6. The van der Waals surface area contributed by atoms with Gasteiger partial charge in [0.15, 0.2) is 0 Å². The molecule has 1 heterocycles. The van der Waals surface area contributed by atoms with Crippen LogP contribution in [0.3, 0.4) is 0 Å². The number of carbonyl (C=O) groups is 2. The van der Waals surface area contributed by atoms with Crippen LogP contribution in [0.2, 0.25) is 0 Å². The van der Waals surface area contributed by atoms with Crippen LogP contribution >= 0.6 is 0 Å². The Morgan fingerprint density at radius 3 is 2.31 bits per heavy atom. The van der Waals surface area contributed by atoms with E-state index in [-0.39, 0.29) is 31.0 Å². The van der Waals surface area contributed by atoms with Crippen molar-refractivity contribution in [3.8, 4) is 11.5 Å². The van der Waals surface area contributed by atoms with Crippen molar-refractivity contribution >= 4 is 11.9 Å². The topological polar surface area (TPSA) is 67.9 Å². The number of nitrogens with zero attached hydrogens (tertiary/aromatic N) is 1. The van der Waals surface area contributed by atoms with Crippen molar-refractivity contribution in [1.29, 1.82) is 0 Å². The Kier molecular flexibility index (Phi) is 5.69. The van der Waals surface area contributed by atoms with Gasteiger partial charge in [-0.3, -0.25) is 9.69 Å². The Balaban J connectivity index is 1.54. The lowest BCUT2D eigenvalue weighted by molar-refractivity contribution is -0.133. The summed E-state index contributed by atoms with van der Waals surface area (Å²) < 4.78 is 11.1. The molecule has 1 N–H and O–H groups in total. The van der Waals surface area contributed by atoms with E-state index in [1.807, 2.05) is 38.1 Å². The normalized spacial score (nSPS) is 23.8. The highest BCUT2D eigenvalue weighted by Gasteiger charge is 2.52. The summed E-state index contributed by atoms with van der Waals surface area (Å²) in [6, 6.07) is 7.02. The van der Waals surface area contributed by atoms with Crippen LogP contribution in [0.1, 0.15) is 46.0 Å². The molecule has 6 heteroatoms. The summed E-state index contributed by atoms with van der Waals surface area (Å²) >= 11 is 0. The molecule has 0 aromatic heterocycles. The third-order valence-electron chi connectivity index (χ3n) is 5.44. The van der Waals surface area contributed by atoms with Crippen LogP contribution in [0.25, 0.3) is 0 Å². The van der Waals surface area contributed by atoms with E-state index in [2.05, 4.69) is 5.32 Å². The number of amides is 3. The molecule has 1 aromatic carbocycles. The number of benzene rings is 1. The first-order valence-electron chi connectivity index (χ1n) is 9.54. The predicted octanol–water partition coefficient (Wildman–Crippen LogP) is 3.35. The molecular weight excluding hydrogens is 332 g/mol. The molecule has 6 nitrogen and oxygen atoms in total. The van der Waals surface area contributed by atoms with E-state index < -0.39 is 5.54 Å². The number of urea groups is 1. The van der Waals surface area contributed by atoms with E-state index in [1.165, 1.54) is 11.3 Å². The first-order chi connectivity index (χ1) is 12.5. The van der Waals surface area contributed by atoms with E-state index in [0.29, 0.717) is 12.4 Å². The molecule has 2 fully saturated rings. The molecular formula is C20H28N2O4. The number of hydrogen-bond acceptors (Lipinski definition) is 4. The maximum absolute atomic E-state index is 12.9. The number of rotatable bonds is 7. The van der Waals surface area contributed by atoms with Crippen LogP contribution in [0.15, 0.2) is 24.3 Å². The van der Waals surface area contributed by atoms with E-state index in [1.54, 1.807) is 0 Å². The van der Waals surface area contributed by atoms with Crippen molar-refractivity contribution in [2.24, 2.45) is 5.92 Å². The number of carbonyl (C=O) groups excluding carboxylic acids is 2. The van der Waals surface area contributed by atoms with Crippen molar-refractivity contribution in [1.82, 2.24) is 10.2 Å². The summed E-state index contributed by atoms with van der Waals surface area (Å²) in [5.41, 5.74) is -0.767. The van der Waals surface area contributed by atoms with Gasteiger partial charge in [0.1, 0.15) is 23.6 Å². The van der Waals surface area contributed by atoms with Gasteiger partial charge in [0.2, 0.25) is 0 Å². The smallest absolute Gasteiger partial charge is 0.325 e. The number of imide groups is 1. The molecule has 0 spiro atoms. The monoisotopic (exact) mass is 360 g/mol. The molecule has 1 aliphatic carbocycles. The summed E-state index contributed by atoms with van der Waals surface area (Å²) in [4.78, 5) is 26.5. The van der Waals surface area contributed by atoms with Crippen LogP contribution < -0.4 is 14.8 Å². The highest BCUT2D eigenvalue weighted by atomic mass is 16.5. The summed E-state index contributed by atoms with van der Waals surface area (Å²) in [7, 11) is 0. The molecule has 0 radical (unpaired) electrons. The van der Waals surface area contributed by atoms with E-state index >= 15 is 0 Å². The Labute approximate surface area is 154 Å². The highest BCUT2D eigenvalue weighted by Crippen LogP contribution is 2.36. The zero-order valence-electron chi connectivity index (χ0n) is 15.6. The average molecular weight is 360 g/mol. The highest BCUT2D eigenvalue weighted by molar-refractivity contribution is 6.07. The molecule has 1 aromatic rings. The van der Waals surface area contributed by atoms with Gasteiger partial charge >= 0.3 is 6.03 Å². The fraction of sp³-hybridized carbons (Fsp3) is 0.600. The molecule has 1 aliphatic heterocycles. The third kappa shape index (κ3) is 3.79. The van der Waals surface area contributed by atoms with E-state index in [0.717, 1.165) is 31.4 Å². The number of nitrogens with one attached hydrogen (secondary N) is 1. The maximum Gasteiger partial charge on any atom is 0.325 e. The molecule has 1 saturated carbocycles. The SMILES string of the molecule is CCOc1ccc(OCCN2C(=O)N[C@](C)(C3CCCCC3)C2=O)cc1. The molecule has 0 unspecified atom stereocenters. The molecule has 2 aliphatic rings. The van der Waals surface area contributed by atoms with Crippen LogP contribution in [0.4, 0.5) is 4.79 Å². The van der Waals surface area contributed by atoms with E-state index in [9.17, 15) is 9.59 Å². The fourth-order valence-electron chi connectivity index (χ4n) is 3.93. The first-order valence-corrected chi connectivity index (χ1v) is 9.54. The van der Waals surface area contributed by atoms with Gasteiger partial charge in [0.25, 0.3) is 5.91 Å². The van der Waals surface area contributed by atoms with Gasteiger partial charge in [-0.05, 0) is 56.9 Å². The van der Waals surface area contributed by atoms with Crippen LogP contribution in [0, 0.1) is 5.92 Å². The second-order valence-electron chi connectivity index (χ2n) is 7.18. The molecule has 0 bridgehead atoms. The summed E-state index contributed by atoms with van der Waals surface area (Å²) in [6.45, 7) is 4.94. The minimum atomic E-state index is -0.767. The van der Waals surface area contributed by atoms with Gasteiger partial charge in [0, 0.05) is 0 Å². The molecule has 26 heavy (non-hydrogen) atoms. The first kappa shape index (κ1) is 18.5. The second kappa shape index (κ2) is 7.98. The standard InChI is InChI=1S/C20H28N2O4/c1-3-25-16-9-11-17(12-10-16)26-14-13-22-18(23)20(2,21-19(22)24)15-7-5-4-6-8-15/h9-12,15H,3-8,13-14H2,1-2H3,(H,21,24)/t20-/m1/s1. The zero-order chi connectivity index (χ0) is 18.6. The Morgan fingerprint density at radius 1 is 1.08 bits per heavy atom. The molecule has 3 rings (SSSR count). The summed E-state index contributed by atoms with van der Waals surface area (Å²) in [5, 5.41) is 2.94. The average Bonchev–Trinajstić information content (AvgIpc) is 2.88. The molecule has 142 valence electrons. The lowest BCUT2D eigenvalue weighted by Crippen LogP contribution is -2.51. The Hall–Kier alpha value is -2.24. The van der Waals surface area contributed by atoms with Crippen molar-refractivity contribution in [3.05, 3.63) is 24.3 Å². The van der Waals surface area contributed by atoms with Gasteiger partial charge < -0.3 is 14.8 Å².